The average molecular weight is 412 g/mol. The van der Waals surface area contributed by atoms with Gasteiger partial charge in [0.2, 0.25) is 0 Å². The minimum absolute atomic E-state index is 0.0834. The van der Waals surface area contributed by atoms with Crippen LogP contribution in [0, 0.1) is 0 Å². The van der Waals surface area contributed by atoms with Gasteiger partial charge in [-0.1, -0.05) is 60.7 Å². The standard InChI is InChI=1S/C23H28N2O5/c1-23(28)14-8-13-20(15-23)25(22(27)30-17-19-11-6-3-7-12-19)24-21(26)29-16-18-9-4-2-5-10-18/h2-7,9-12,20,28H,8,13-17H2,1H3,(H,24,26). The molecule has 1 aliphatic carbocycles. The highest BCUT2D eigenvalue weighted by Crippen LogP contribution is 2.30. The first-order valence-electron chi connectivity index (χ1n) is 10.1. The van der Waals surface area contributed by atoms with Crippen LogP contribution in [0.25, 0.3) is 0 Å². The van der Waals surface area contributed by atoms with Gasteiger partial charge in [0.25, 0.3) is 0 Å². The molecule has 2 atom stereocenters. The number of nitrogens with zero attached hydrogens (tertiary/aromatic N) is 1. The van der Waals surface area contributed by atoms with E-state index < -0.39 is 17.8 Å². The maximum absolute atomic E-state index is 12.8. The largest absolute Gasteiger partial charge is 0.443 e. The first kappa shape index (κ1) is 21.6. The van der Waals surface area contributed by atoms with E-state index in [2.05, 4.69) is 5.43 Å². The third kappa shape index (κ3) is 6.49. The van der Waals surface area contributed by atoms with Crippen LogP contribution in [0.1, 0.15) is 43.7 Å². The van der Waals surface area contributed by atoms with Crippen molar-refractivity contribution in [3.05, 3.63) is 71.8 Å². The highest BCUT2D eigenvalue weighted by molar-refractivity contribution is 5.74. The minimum atomic E-state index is -0.906. The number of amides is 2. The second-order valence-electron chi connectivity index (χ2n) is 7.83. The summed E-state index contributed by atoms with van der Waals surface area (Å²) in [4.78, 5) is 25.2. The molecule has 1 fully saturated rings. The Balaban J connectivity index is 1.63. The molecule has 7 nitrogen and oxygen atoms in total. The van der Waals surface area contributed by atoms with E-state index in [1.807, 2.05) is 60.7 Å². The Morgan fingerprint density at radius 1 is 1.03 bits per heavy atom. The average Bonchev–Trinajstić information content (AvgIpc) is 2.75. The molecular formula is C23H28N2O5. The minimum Gasteiger partial charge on any atom is -0.443 e. The topological polar surface area (TPSA) is 88.1 Å². The van der Waals surface area contributed by atoms with E-state index in [0.29, 0.717) is 19.3 Å². The highest BCUT2D eigenvalue weighted by atomic mass is 16.6. The fourth-order valence-electron chi connectivity index (χ4n) is 3.58. The predicted octanol–water partition coefficient (Wildman–Crippen LogP) is 4.16. The number of hydrogen-bond acceptors (Lipinski definition) is 5. The molecule has 30 heavy (non-hydrogen) atoms. The number of hydrazine groups is 1. The normalized spacial score (nSPS) is 20.8. The highest BCUT2D eigenvalue weighted by Gasteiger charge is 2.37. The summed E-state index contributed by atoms with van der Waals surface area (Å²) in [6, 6.07) is 18.2. The van der Waals surface area contributed by atoms with Gasteiger partial charge in [-0.15, -0.1) is 0 Å². The van der Waals surface area contributed by atoms with Crippen LogP contribution in [0.2, 0.25) is 0 Å². The van der Waals surface area contributed by atoms with Gasteiger partial charge in [-0.2, -0.15) is 0 Å². The molecule has 3 rings (SSSR count). The van der Waals surface area contributed by atoms with E-state index in [0.717, 1.165) is 22.6 Å². The maximum atomic E-state index is 12.8. The first-order valence-corrected chi connectivity index (χ1v) is 10.1. The van der Waals surface area contributed by atoms with Crippen LogP contribution in [0.15, 0.2) is 60.7 Å². The molecule has 1 aliphatic rings. The van der Waals surface area contributed by atoms with E-state index in [9.17, 15) is 14.7 Å². The van der Waals surface area contributed by atoms with Crippen LogP contribution in [0.3, 0.4) is 0 Å². The fraction of sp³-hybridized carbons (Fsp3) is 0.391. The summed E-state index contributed by atoms with van der Waals surface area (Å²) in [5.41, 5.74) is 3.29. The molecular weight excluding hydrogens is 384 g/mol. The molecule has 0 bridgehead atoms. The SMILES string of the molecule is CC1(O)CCCC(N(NC(=O)OCc2ccccc2)C(=O)OCc2ccccc2)C1. The summed E-state index contributed by atoms with van der Waals surface area (Å²) in [5.74, 6) is 0. The van der Waals surface area contributed by atoms with Gasteiger partial charge in [-0.3, -0.25) is 0 Å². The monoisotopic (exact) mass is 412 g/mol. The van der Waals surface area contributed by atoms with Gasteiger partial charge in [0.1, 0.15) is 13.2 Å². The molecule has 2 aromatic rings. The molecule has 2 aromatic carbocycles. The lowest BCUT2D eigenvalue weighted by molar-refractivity contribution is -0.0287. The second kappa shape index (κ2) is 10.1. The van der Waals surface area contributed by atoms with E-state index in [4.69, 9.17) is 9.47 Å². The lowest BCUT2D eigenvalue weighted by atomic mass is 9.83. The Hall–Kier alpha value is -3.06. The van der Waals surface area contributed by atoms with Crippen LogP contribution in [-0.2, 0) is 22.7 Å². The zero-order valence-electron chi connectivity index (χ0n) is 17.1. The smallest absolute Gasteiger partial charge is 0.429 e. The van der Waals surface area contributed by atoms with Crippen molar-refractivity contribution in [3.63, 3.8) is 0 Å². The number of hydrogen-bond donors (Lipinski definition) is 2. The second-order valence-corrected chi connectivity index (χ2v) is 7.83. The van der Waals surface area contributed by atoms with Gasteiger partial charge >= 0.3 is 12.2 Å². The van der Waals surface area contributed by atoms with Crippen molar-refractivity contribution in [1.29, 1.82) is 0 Å². The van der Waals surface area contributed by atoms with Gasteiger partial charge in [0.05, 0.1) is 11.6 Å². The molecule has 0 aromatic heterocycles. The van der Waals surface area contributed by atoms with Crippen LogP contribution in [0.5, 0.6) is 0 Å². The van der Waals surface area contributed by atoms with E-state index in [-0.39, 0.29) is 19.3 Å². The Morgan fingerprint density at radius 3 is 2.17 bits per heavy atom. The van der Waals surface area contributed by atoms with Gasteiger partial charge in [-0.05, 0) is 43.7 Å². The van der Waals surface area contributed by atoms with Gasteiger partial charge in [0, 0.05) is 0 Å². The summed E-state index contributed by atoms with van der Waals surface area (Å²) >= 11 is 0. The Labute approximate surface area is 176 Å². The lowest BCUT2D eigenvalue weighted by Crippen LogP contribution is -2.55. The molecule has 2 unspecified atom stereocenters. The Kier molecular flexibility index (Phi) is 7.30. The fourth-order valence-corrected chi connectivity index (χ4v) is 3.58. The summed E-state index contributed by atoms with van der Waals surface area (Å²) in [7, 11) is 0. The number of ether oxygens (including phenoxy) is 2. The van der Waals surface area contributed by atoms with Crippen molar-refractivity contribution in [2.24, 2.45) is 0 Å². The van der Waals surface area contributed by atoms with Crippen LogP contribution in [-0.4, -0.2) is 33.9 Å². The predicted molar refractivity (Wildman–Crippen MR) is 111 cm³/mol. The summed E-state index contributed by atoms with van der Waals surface area (Å²) in [6.07, 6.45) is 0.941. The number of benzene rings is 2. The zero-order valence-corrected chi connectivity index (χ0v) is 17.1. The first-order chi connectivity index (χ1) is 14.4. The van der Waals surface area contributed by atoms with Crippen LogP contribution < -0.4 is 5.43 Å². The molecule has 7 heteroatoms. The number of carbonyl (C=O) groups excluding carboxylic acids is 2. The van der Waals surface area contributed by atoms with Crippen molar-refractivity contribution in [2.75, 3.05) is 0 Å². The molecule has 0 radical (unpaired) electrons. The molecule has 2 amide bonds. The third-order valence-electron chi connectivity index (χ3n) is 5.12. The zero-order chi connectivity index (χ0) is 21.4. The van der Waals surface area contributed by atoms with Crippen molar-refractivity contribution < 1.29 is 24.2 Å². The van der Waals surface area contributed by atoms with Gasteiger partial charge < -0.3 is 14.6 Å². The maximum Gasteiger partial charge on any atom is 0.429 e. The molecule has 0 spiro atoms. The van der Waals surface area contributed by atoms with Crippen molar-refractivity contribution in [3.8, 4) is 0 Å². The summed E-state index contributed by atoms with van der Waals surface area (Å²) in [6.45, 7) is 1.91. The quantitative estimate of drug-likeness (QED) is 0.720. The van der Waals surface area contributed by atoms with Crippen molar-refractivity contribution >= 4 is 12.2 Å². The summed E-state index contributed by atoms with van der Waals surface area (Å²) in [5, 5.41) is 11.6. The Morgan fingerprint density at radius 2 is 1.60 bits per heavy atom. The number of rotatable bonds is 5. The van der Waals surface area contributed by atoms with Crippen LogP contribution >= 0.6 is 0 Å². The molecule has 0 saturated heterocycles. The van der Waals surface area contributed by atoms with Crippen molar-refractivity contribution in [1.82, 2.24) is 10.4 Å². The number of carbonyl (C=O) groups is 2. The molecule has 1 saturated carbocycles. The number of aliphatic hydroxyl groups is 1. The van der Waals surface area contributed by atoms with Crippen molar-refractivity contribution in [2.45, 2.75) is 57.5 Å². The molecule has 2 N–H and O–H groups in total. The lowest BCUT2D eigenvalue weighted by Gasteiger charge is -2.39. The number of nitrogens with one attached hydrogen (secondary N) is 1. The van der Waals surface area contributed by atoms with E-state index >= 15 is 0 Å². The molecule has 160 valence electrons. The Bertz CT molecular complexity index is 826. The molecule has 0 heterocycles. The van der Waals surface area contributed by atoms with Gasteiger partial charge in [0.15, 0.2) is 0 Å². The van der Waals surface area contributed by atoms with E-state index in [1.165, 1.54) is 0 Å². The molecule has 0 aliphatic heterocycles. The van der Waals surface area contributed by atoms with Crippen LogP contribution in [0.4, 0.5) is 9.59 Å². The van der Waals surface area contributed by atoms with Gasteiger partial charge in [-0.25, -0.2) is 20.0 Å². The third-order valence-corrected chi connectivity index (χ3v) is 5.12. The summed E-state index contributed by atoms with van der Waals surface area (Å²) < 4.78 is 10.7. The van der Waals surface area contributed by atoms with E-state index in [1.54, 1.807) is 6.92 Å².